The Kier molecular flexibility index (Phi) is 5.77. The highest BCUT2D eigenvalue weighted by molar-refractivity contribution is 7.11. The lowest BCUT2D eigenvalue weighted by Crippen LogP contribution is -2.17. The quantitative estimate of drug-likeness (QED) is 0.833. The predicted octanol–water partition coefficient (Wildman–Crippen LogP) is 3.80. The van der Waals surface area contributed by atoms with Gasteiger partial charge in [-0.1, -0.05) is 31.2 Å². The summed E-state index contributed by atoms with van der Waals surface area (Å²) in [5.41, 5.74) is 2.79. The number of nitrogens with zero attached hydrogens (tertiary/aromatic N) is 1. The fourth-order valence-corrected chi connectivity index (χ4v) is 3.32. The van der Waals surface area contributed by atoms with E-state index in [0.717, 1.165) is 26.2 Å². The van der Waals surface area contributed by atoms with Crippen molar-refractivity contribution in [2.75, 3.05) is 13.6 Å². The van der Waals surface area contributed by atoms with E-state index in [-0.39, 0.29) is 0 Å². The van der Waals surface area contributed by atoms with Crippen molar-refractivity contribution in [1.29, 1.82) is 0 Å². The molecule has 2 aromatic rings. The van der Waals surface area contributed by atoms with Crippen LogP contribution in [-0.4, -0.2) is 18.5 Å². The van der Waals surface area contributed by atoms with E-state index in [0.29, 0.717) is 0 Å². The second kappa shape index (κ2) is 7.58. The Hall–Kier alpha value is -1.16. The van der Waals surface area contributed by atoms with Crippen LogP contribution in [0.15, 0.2) is 36.4 Å². The molecule has 1 N–H and O–H groups in total. The van der Waals surface area contributed by atoms with E-state index in [9.17, 15) is 0 Å². The molecule has 0 unspecified atom stereocenters. The summed E-state index contributed by atoms with van der Waals surface area (Å²) in [7, 11) is 2.19. The molecule has 0 spiro atoms. The molecule has 0 saturated carbocycles. The van der Waals surface area contributed by atoms with Crippen molar-refractivity contribution in [3.63, 3.8) is 0 Å². The highest BCUT2D eigenvalue weighted by atomic mass is 32.1. The molecule has 108 valence electrons. The van der Waals surface area contributed by atoms with Gasteiger partial charge in [-0.2, -0.15) is 0 Å². The first-order valence-corrected chi connectivity index (χ1v) is 8.02. The summed E-state index contributed by atoms with van der Waals surface area (Å²) in [6, 6.07) is 13.1. The summed E-state index contributed by atoms with van der Waals surface area (Å²) >= 11 is 1.91. The molecule has 1 heterocycles. The van der Waals surface area contributed by atoms with Crippen molar-refractivity contribution in [2.24, 2.45) is 0 Å². The molecule has 0 saturated heterocycles. The smallest absolute Gasteiger partial charge is 0.0328 e. The van der Waals surface area contributed by atoms with Crippen molar-refractivity contribution >= 4 is 11.3 Å². The first-order valence-electron chi connectivity index (χ1n) is 7.20. The minimum Gasteiger partial charge on any atom is -0.312 e. The first kappa shape index (κ1) is 15.2. The van der Waals surface area contributed by atoms with Crippen molar-refractivity contribution in [1.82, 2.24) is 10.2 Å². The molecule has 2 nitrogen and oxygen atoms in total. The van der Waals surface area contributed by atoms with E-state index in [1.54, 1.807) is 0 Å². The van der Waals surface area contributed by atoms with Gasteiger partial charge in [0.15, 0.2) is 0 Å². The van der Waals surface area contributed by atoms with Crippen LogP contribution in [0, 0.1) is 6.92 Å². The highest BCUT2D eigenvalue weighted by Gasteiger charge is 2.06. The number of nitrogens with one attached hydrogen (secondary N) is 1. The number of rotatable bonds is 7. The molecular formula is C17H24N2S. The van der Waals surface area contributed by atoms with Crippen molar-refractivity contribution in [3.05, 3.63) is 57.3 Å². The molecule has 1 aromatic carbocycles. The summed E-state index contributed by atoms with van der Waals surface area (Å²) in [6.07, 6.45) is 0. The average molecular weight is 288 g/mol. The van der Waals surface area contributed by atoms with Gasteiger partial charge < -0.3 is 5.32 Å². The van der Waals surface area contributed by atoms with Crippen molar-refractivity contribution in [2.45, 2.75) is 33.5 Å². The third-order valence-electron chi connectivity index (χ3n) is 3.39. The Labute approximate surface area is 126 Å². The van der Waals surface area contributed by atoms with Crippen molar-refractivity contribution in [3.8, 4) is 0 Å². The molecule has 0 fully saturated rings. The zero-order chi connectivity index (χ0) is 14.4. The zero-order valence-corrected chi connectivity index (χ0v) is 13.5. The van der Waals surface area contributed by atoms with E-state index in [2.05, 4.69) is 67.5 Å². The highest BCUT2D eigenvalue weighted by Crippen LogP contribution is 2.19. The van der Waals surface area contributed by atoms with Crippen LogP contribution in [0.2, 0.25) is 0 Å². The zero-order valence-electron chi connectivity index (χ0n) is 12.6. The van der Waals surface area contributed by atoms with Gasteiger partial charge in [-0.05, 0) is 43.8 Å². The van der Waals surface area contributed by atoms with Crippen molar-refractivity contribution < 1.29 is 0 Å². The molecule has 20 heavy (non-hydrogen) atoms. The van der Waals surface area contributed by atoms with Gasteiger partial charge in [-0.15, -0.1) is 11.3 Å². The summed E-state index contributed by atoms with van der Waals surface area (Å²) < 4.78 is 0. The van der Waals surface area contributed by atoms with Gasteiger partial charge in [-0.25, -0.2) is 0 Å². The SMILES string of the molecule is CCNCc1ccc(CN(C)Cc2ccccc2C)s1. The molecule has 0 aliphatic heterocycles. The maximum absolute atomic E-state index is 3.38. The first-order chi connectivity index (χ1) is 9.69. The van der Waals surface area contributed by atoms with E-state index in [4.69, 9.17) is 0 Å². The monoisotopic (exact) mass is 288 g/mol. The average Bonchev–Trinajstić information content (AvgIpc) is 2.86. The van der Waals surface area contributed by atoms with Crippen LogP contribution < -0.4 is 5.32 Å². The minimum atomic E-state index is 0.989. The van der Waals surface area contributed by atoms with Gasteiger partial charge in [0.1, 0.15) is 0 Å². The van der Waals surface area contributed by atoms with Gasteiger partial charge in [0.25, 0.3) is 0 Å². The van der Waals surface area contributed by atoms with Crippen LogP contribution in [0.25, 0.3) is 0 Å². The Bertz CT molecular complexity index is 533. The number of thiophene rings is 1. The second-order valence-corrected chi connectivity index (χ2v) is 6.50. The standard InChI is InChI=1S/C17H24N2S/c1-4-18-11-16-9-10-17(20-16)13-19(3)12-15-8-6-5-7-14(15)2/h5-10,18H,4,11-13H2,1-3H3. The molecule has 1 aromatic heterocycles. The number of hydrogen-bond acceptors (Lipinski definition) is 3. The topological polar surface area (TPSA) is 15.3 Å². The predicted molar refractivity (Wildman–Crippen MR) is 88.0 cm³/mol. The molecule has 0 radical (unpaired) electrons. The molecule has 0 atom stereocenters. The Morgan fingerprint density at radius 3 is 2.55 bits per heavy atom. The van der Waals surface area contributed by atoms with Crippen LogP contribution >= 0.6 is 11.3 Å². The van der Waals surface area contributed by atoms with Gasteiger partial charge >= 0.3 is 0 Å². The molecule has 0 aliphatic rings. The molecule has 0 aliphatic carbocycles. The van der Waals surface area contributed by atoms with Crippen LogP contribution in [0.4, 0.5) is 0 Å². The normalized spacial score (nSPS) is 11.2. The summed E-state index contributed by atoms with van der Waals surface area (Å²) in [6.45, 7) is 8.37. The maximum Gasteiger partial charge on any atom is 0.0328 e. The lowest BCUT2D eigenvalue weighted by atomic mass is 10.1. The fourth-order valence-electron chi connectivity index (χ4n) is 2.25. The number of hydrogen-bond donors (Lipinski definition) is 1. The van der Waals surface area contributed by atoms with E-state index < -0.39 is 0 Å². The summed E-state index contributed by atoms with van der Waals surface area (Å²) in [4.78, 5) is 5.24. The Morgan fingerprint density at radius 2 is 1.80 bits per heavy atom. The second-order valence-electron chi connectivity index (χ2n) is 5.25. The largest absolute Gasteiger partial charge is 0.312 e. The van der Waals surface area contributed by atoms with Gasteiger partial charge in [0, 0.05) is 29.4 Å². The molecular weight excluding hydrogens is 264 g/mol. The molecule has 0 bridgehead atoms. The lowest BCUT2D eigenvalue weighted by Gasteiger charge is -2.17. The third kappa shape index (κ3) is 4.44. The van der Waals surface area contributed by atoms with Crippen LogP contribution in [0.5, 0.6) is 0 Å². The van der Waals surface area contributed by atoms with E-state index >= 15 is 0 Å². The number of aryl methyl sites for hydroxylation is 1. The minimum absolute atomic E-state index is 0.989. The Morgan fingerprint density at radius 1 is 1.05 bits per heavy atom. The van der Waals surface area contributed by atoms with Gasteiger partial charge in [0.05, 0.1) is 0 Å². The lowest BCUT2D eigenvalue weighted by molar-refractivity contribution is 0.321. The van der Waals surface area contributed by atoms with Gasteiger partial charge in [0.2, 0.25) is 0 Å². The molecule has 3 heteroatoms. The van der Waals surface area contributed by atoms with E-state index in [1.165, 1.54) is 20.9 Å². The van der Waals surface area contributed by atoms with Crippen LogP contribution in [0.1, 0.15) is 27.8 Å². The molecule has 2 rings (SSSR count). The fraction of sp³-hybridized carbons (Fsp3) is 0.412. The number of benzene rings is 1. The van der Waals surface area contributed by atoms with Gasteiger partial charge in [-0.3, -0.25) is 4.90 Å². The van der Waals surface area contributed by atoms with Crippen LogP contribution in [0.3, 0.4) is 0 Å². The summed E-state index contributed by atoms with van der Waals surface area (Å²) in [5.74, 6) is 0. The maximum atomic E-state index is 3.38. The summed E-state index contributed by atoms with van der Waals surface area (Å²) in [5, 5.41) is 3.38. The third-order valence-corrected chi connectivity index (χ3v) is 4.46. The van der Waals surface area contributed by atoms with E-state index in [1.807, 2.05) is 11.3 Å². The van der Waals surface area contributed by atoms with Crippen LogP contribution in [-0.2, 0) is 19.6 Å². The Balaban J connectivity index is 1.89. The molecule has 0 amide bonds.